The summed E-state index contributed by atoms with van der Waals surface area (Å²) in [6.07, 6.45) is 1.56. The van der Waals surface area contributed by atoms with Crippen molar-refractivity contribution in [2.24, 2.45) is 0 Å². The number of nitrogens with zero attached hydrogens (tertiary/aromatic N) is 2. The first-order valence-electron chi connectivity index (χ1n) is 4.88. The largest absolute Gasteiger partial charge is 0.397 e. The molecule has 0 saturated carbocycles. The van der Waals surface area contributed by atoms with Gasteiger partial charge in [-0.05, 0) is 34.1 Å². The first-order valence-corrected chi connectivity index (χ1v) is 5.67. The van der Waals surface area contributed by atoms with E-state index >= 15 is 0 Å². The maximum Gasteiger partial charge on any atom is 0.144 e. The lowest BCUT2D eigenvalue weighted by Crippen LogP contribution is -1.98. The lowest BCUT2D eigenvalue weighted by Gasteiger charge is -2.09. The highest BCUT2D eigenvalue weighted by molar-refractivity contribution is 9.10. The highest BCUT2D eigenvalue weighted by Crippen LogP contribution is 2.26. The minimum Gasteiger partial charge on any atom is -0.397 e. The maximum atomic E-state index is 8.97. The Kier molecular flexibility index (Phi) is 3.26. The lowest BCUT2D eigenvalue weighted by atomic mass is 10.2. The van der Waals surface area contributed by atoms with Crippen LogP contribution in [0.2, 0.25) is 0 Å². The number of nitrogen functional groups attached to an aromatic ring is 1. The van der Waals surface area contributed by atoms with Crippen LogP contribution in [0.5, 0.6) is 0 Å². The van der Waals surface area contributed by atoms with Crippen LogP contribution in [0.1, 0.15) is 5.56 Å². The summed E-state index contributed by atoms with van der Waals surface area (Å²) >= 11 is 3.36. The molecule has 5 heteroatoms. The number of para-hydroxylation sites is 1. The molecule has 0 radical (unpaired) electrons. The minimum absolute atomic E-state index is 0.568. The van der Waals surface area contributed by atoms with Gasteiger partial charge in [0.15, 0.2) is 0 Å². The van der Waals surface area contributed by atoms with Crippen molar-refractivity contribution in [2.75, 3.05) is 11.1 Å². The quantitative estimate of drug-likeness (QED) is 0.891. The smallest absolute Gasteiger partial charge is 0.144 e. The van der Waals surface area contributed by atoms with Gasteiger partial charge in [-0.2, -0.15) is 5.26 Å². The number of pyridine rings is 1. The zero-order valence-corrected chi connectivity index (χ0v) is 10.4. The Morgan fingerprint density at radius 2 is 2.12 bits per heavy atom. The topological polar surface area (TPSA) is 74.7 Å². The highest BCUT2D eigenvalue weighted by Gasteiger charge is 2.05. The number of nitrogens with two attached hydrogens (primary N) is 1. The van der Waals surface area contributed by atoms with Crippen LogP contribution in [0.15, 0.2) is 41.0 Å². The fourth-order valence-corrected chi connectivity index (χ4v) is 1.83. The molecule has 4 nitrogen and oxygen atoms in total. The Hall–Kier alpha value is -2.06. The molecule has 0 bridgehead atoms. The molecular formula is C12H9BrN4. The van der Waals surface area contributed by atoms with E-state index < -0.39 is 0 Å². The number of nitrogens with one attached hydrogen (secondary N) is 1. The fraction of sp³-hybridized carbons (Fsp3) is 0. The molecule has 0 atom stereocenters. The van der Waals surface area contributed by atoms with E-state index in [4.69, 9.17) is 11.0 Å². The van der Waals surface area contributed by atoms with Crippen molar-refractivity contribution >= 4 is 33.1 Å². The number of benzene rings is 1. The number of hydrogen-bond donors (Lipinski definition) is 2. The maximum absolute atomic E-state index is 8.97. The Morgan fingerprint density at radius 3 is 2.82 bits per heavy atom. The van der Waals surface area contributed by atoms with Crippen molar-refractivity contribution in [1.82, 2.24) is 4.98 Å². The van der Waals surface area contributed by atoms with Gasteiger partial charge in [-0.25, -0.2) is 4.98 Å². The van der Waals surface area contributed by atoms with Crippen LogP contribution in [0.25, 0.3) is 0 Å². The van der Waals surface area contributed by atoms with E-state index in [2.05, 4.69) is 32.3 Å². The summed E-state index contributed by atoms with van der Waals surface area (Å²) < 4.78 is 0.755. The molecular weight excluding hydrogens is 280 g/mol. The van der Waals surface area contributed by atoms with E-state index in [1.165, 1.54) is 0 Å². The van der Waals surface area contributed by atoms with Crippen LogP contribution in [-0.4, -0.2) is 4.98 Å². The standard InChI is InChI=1S/C12H9BrN4/c13-10-5-9(15)7-16-12(10)17-11-4-2-1-3-8(11)6-14/h1-5,7H,15H2,(H,16,17). The molecule has 17 heavy (non-hydrogen) atoms. The predicted octanol–water partition coefficient (Wildman–Crippen LogP) is 3.04. The monoisotopic (exact) mass is 288 g/mol. The third-order valence-electron chi connectivity index (χ3n) is 2.16. The molecule has 0 aliphatic rings. The normalized spacial score (nSPS) is 9.65. The molecule has 2 aromatic rings. The fourth-order valence-electron chi connectivity index (χ4n) is 1.36. The average Bonchev–Trinajstić information content (AvgIpc) is 2.33. The van der Waals surface area contributed by atoms with Crippen LogP contribution in [0.4, 0.5) is 17.2 Å². The third kappa shape index (κ3) is 2.55. The van der Waals surface area contributed by atoms with Gasteiger partial charge in [-0.1, -0.05) is 12.1 Å². The van der Waals surface area contributed by atoms with Crippen molar-refractivity contribution in [1.29, 1.82) is 5.26 Å². The lowest BCUT2D eigenvalue weighted by molar-refractivity contribution is 1.29. The summed E-state index contributed by atoms with van der Waals surface area (Å²) in [6.45, 7) is 0. The van der Waals surface area contributed by atoms with E-state index in [0.29, 0.717) is 22.8 Å². The van der Waals surface area contributed by atoms with Gasteiger partial charge in [0.25, 0.3) is 0 Å². The Morgan fingerprint density at radius 1 is 1.35 bits per heavy atom. The second-order valence-corrected chi connectivity index (χ2v) is 4.24. The molecule has 0 aliphatic heterocycles. The molecule has 1 aromatic carbocycles. The summed E-state index contributed by atoms with van der Waals surface area (Å²) in [5.41, 5.74) is 7.47. The van der Waals surface area contributed by atoms with E-state index in [0.717, 1.165) is 4.47 Å². The van der Waals surface area contributed by atoms with Crippen molar-refractivity contribution in [2.45, 2.75) is 0 Å². The van der Waals surface area contributed by atoms with Gasteiger partial charge >= 0.3 is 0 Å². The minimum atomic E-state index is 0.568. The van der Waals surface area contributed by atoms with E-state index in [1.807, 2.05) is 18.2 Å². The van der Waals surface area contributed by atoms with Crippen LogP contribution in [0, 0.1) is 11.3 Å². The number of hydrogen-bond acceptors (Lipinski definition) is 4. The molecule has 0 unspecified atom stereocenters. The van der Waals surface area contributed by atoms with Crippen molar-refractivity contribution in [3.8, 4) is 6.07 Å². The number of aromatic nitrogens is 1. The summed E-state index contributed by atoms with van der Waals surface area (Å²) in [7, 11) is 0. The van der Waals surface area contributed by atoms with Crippen LogP contribution in [0.3, 0.4) is 0 Å². The highest BCUT2D eigenvalue weighted by atomic mass is 79.9. The van der Waals surface area contributed by atoms with Gasteiger partial charge in [0.1, 0.15) is 11.9 Å². The van der Waals surface area contributed by atoms with Gasteiger partial charge in [0.2, 0.25) is 0 Å². The molecule has 0 spiro atoms. The molecule has 84 valence electrons. The average molecular weight is 289 g/mol. The summed E-state index contributed by atoms with van der Waals surface area (Å²) in [4.78, 5) is 4.16. The van der Waals surface area contributed by atoms with E-state index in [9.17, 15) is 0 Å². The van der Waals surface area contributed by atoms with Crippen LogP contribution in [-0.2, 0) is 0 Å². The molecule has 0 aliphatic carbocycles. The molecule has 2 rings (SSSR count). The SMILES string of the molecule is N#Cc1ccccc1Nc1ncc(N)cc1Br. The molecule has 1 aromatic heterocycles. The zero-order chi connectivity index (χ0) is 12.3. The summed E-state index contributed by atoms with van der Waals surface area (Å²) in [5.74, 6) is 0.627. The third-order valence-corrected chi connectivity index (χ3v) is 2.77. The molecule has 0 saturated heterocycles. The summed E-state index contributed by atoms with van der Waals surface area (Å²) in [6, 6.07) is 11.1. The number of nitriles is 1. The predicted molar refractivity (Wildman–Crippen MR) is 70.8 cm³/mol. The second kappa shape index (κ2) is 4.85. The first kappa shape index (κ1) is 11.4. The Bertz CT molecular complexity index is 589. The van der Waals surface area contributed by atoms with Crippen molar-refractivity contribution in [3.05, 3.63) is 46.6 Å². The van der Waals surface area contributed by atoms with E-state index in [-0.39, 0.29) is 0 Å². The molecule has 0 fully saturated rings. The van der Waals surface area contributed by atoms with Gasteiger partial charge in [-0.15, -0.1) is 0 Å². The van der Waals surface area contributed by atoms with Crippen molar-refractivity contribution < 1.29 is 0 Å². The number of anilines is 3. The zero-order valence-electron chi connectivity index (χ0n) is 8.81. The van der Waals surface area contributed by atoms with Gasteiger partial charge < -0.3 is 11.1 Å². The number of rotatable bonds is 2. The Balaban J connectivity index is 2.35. The van der Waals surface area contributed by atoms with Gasteiger partial charge in [0.05, 0.1) is 27.6 Å². The van der Waals surface area contributed by atoms with Crippen molar-refractivity contribution in [3.63, 3.8) is 0 Å². The second-order valence-electron chi connectivity index (χ2n) is 3.38. The van der Waals surface area contributed by atoms with Gasteiger partial charge in [-0.3, -0.25) is 0 Å². The summed E-state index contributed by atoms with van der Waals surface area (Å²) in [5, 5.41) is 12.1. The molecule has 3 N–H and O–H groups in total. The van der Waals surface area contributed by atoms with Crippen LogP contribution < -0.4 is 11.1 Å². The number of halogens is 1. The van der Waals surface area contributed by atoms with Crippen LogP contribution >= 0.6 is 15.9 Å². The molecule has 1 heterocycles. The Labute approximate surface area is 107 Å². The first-order chi connectivity index (χ1) is 8.20. The molecule has 0 amide bonds. The van der Waals surface area contributed by atoms with Gasteiger partial charge in [0, 0.05) is 0 Å². The van der Waals surface area contributed by atoms with E-state index in [1.54, 1.807) is 18.3 Å².